The zero-order chi connectivity index (χ0) is 22.8. The van der Waals surface area contributed by atoms with E-state index in [0.717, 1.165) is 32.2 Å². The Morgan fingerprint density at radius 1 is 1.00 bits per heavy atom. The van der Waals surface area contributed by atoms with E-state index in [1.807, 2.05) is 18.2 Å². The number of anilines is 1. The summed E-state index contributed by atoms with van der Waals surface area (Å²) >= 11 is 0. The molecule has 5 rings (SSSR count). The first kappa shape index (κ1) is 21.8. The van der Waals surface area contributed by atoms with E-state index in [1.165, 1.54) is 30.1 Å². The predicted octanol–water partition coefficient (Wildman–Crippen LogP) is 4.47. The molecular formula is C24H25FN4O3S. The van der Waals surface area contributed by atoms with E-state index < -0.39 is 20.7 Å². The van der Waals surface area contributed by atoms with Gasteiger partial charge in [0.2, 0.25) is 5.95 Å². The van der Waals surface area contributed by atoms with Gasteiger partial charge in [0, 0.05) is 42.5 Å². The van der Waals surface area contributed by atoms with Crippen molar-refractivity contribution in [1.29, 1.82) is 0 Å². The lowest BCUT2D eigenvalue weighted by Crippen LogP contribution is -2.39. The summed E-state index contributed by atoms with van der Waals surface area (Å²) in [5.41, 5.74) is 1.94. The molecule has 0 bridgehead atoms. The second kappa shape index (κ2) is 9.07. The number of hydrogen-bond acceptors (Lipinski definition) is 6. The van der Waals surface area contributed by atoms with E-state index in [0.29, 0.717) is 17.9 Å². The van der Waals surface area contributed by atoms with Gasteiger partial charge in [0.25, 0.3) is 10.0 Å². The number of piperidine rings is 1. The summed E-state index contributed by atoms with van der Waals surface area (Å²) in [5, 5.41) is 0. The number of nitrogens with zero attached hydrogens (tertiary/aromatic N) is 3. The van der Waals surface area contributed by atoms with Crippen LogP contribution in [0.4, 0.5) is 10.3 Å². The number of ether oxygens (including phenoxy) is 1. The number of rotatable bonds is 5. The van der Waals surface area contributed by atoms with E-state index in [-0.39, 0.29) is 18.0 Å². The first-order valence-electron chi connectivity index (χ1n) is 11.1. The number of aromatic nitrogens is 2. The van der Waals surface area contributed by atoms with Gasteiger partial charge in [0.15, 0.2) is 0 Å². The van der Waals surface area contributed by atoms with Crippen molar-refractivity contribution in [2.24, 2.45) is 0 Å². The number of hydrogen-bond donors (Lipinski definition) is 1. The van der Waals surface area contributed by atoms with E-state index >= 15 is 4.39 Å². The topological polar surface area (TPSA) is 84.4 Å². The molecule has 9 heteroatoms. The lowest BCUT2D eigenvalue weighted by molar-refractivity contribution is 0.0665. The third-order valence-corrected chi connectivity index (χ3v) is 7.63. The van der Waals surface area contributed by atoms with Crippen LogP contribution in [0.3, 0.4) is 0 Å². The van der Waals surface area contributed by atoms with Gasteiger partial charge in [-0.05, 0) is 37.1 Å². The van der Waals surface area contributed by atoms with Crippen molar-refractivity contribution < 1.29 is 17.5 Å². The Balaban J connectivity index is 1.48. The van der Waals surface area contributed by atoms with E-state index in [2.05, 4.69) is 31.7 Å². The highest BCUT2D eigenvalue weighted by Gasteiger charge is 2.36. The molecule has 2 aliphatic rings. The third kappa shape index (κ3) is 4.43. The summed E-state index contributed by atoms with van der Waals surface area (Å²) in [7, 11) is -4.22. The van der Waals surface area contributed by atoms with Gasteiger partial charge in [0.05, 0.1) is 6.61 Å². The molecule has 0 unspecified atom stereocenters. The predicted molar refractivity (Wildman–Crippen MR) is 122 cm³/mol. The molecule has 1 aromatic heterocycles. The second-order valence-corrected chi connectivity index (χ2v) is 9.96. The van der Waals surface area contributed by atoms with Gasteiger partial charge in [-0.1, -0.05) is 36.8 Å². The maximum atomic E-state index is 15.2. The minimum atomic E-state index is -4.22. The molecule has 172 valence electrons. The van der Waals surface area contributed by atoms with Crippen LogP contribution >= 0.6 is 0 Å². The Morgan fingerprint density at radius 2 is 1.79 bits per heavy atom. The van der Waals surface area contributed by atoms with Crippen LogP contribution in [-0.4, -0.2) is 36.4 Å². The molecule has 1 saturated heterocycles. The third-order valence-electron chi connectivity index (χ3n) is 6.28. The second-order valence-electron chi connectivity index (χ2n) is 8.31. The van der Waals surface area contributed by atoms with Gasteiger partial charge in [-0.2, -0.15) is 0 Å². The molecule has 1 N–H and O–H groups in total. The number of fused-ring (bicyclic) bond motifs is 1. The van der Waals surface area contributed by atoms with Crippen molar-refractivity contribution in [3.05, 3.63) is 77.9 Å². The maximum absolute atomic E-state index is 15.2. The monoisotopic (exact) mass is 468 g/mol. The number of likely N-dealkylation sites (tertiary alicyclic amines) is 1. The molecule has 2 aromatic carbocycles. The van der Waals surface area contributed by atoms with E-state index in [9.17, 15) is 8.42 Å². The van der Waals surface area contributed by atoms with Gasteiger partial charge < -0.3 is 4.74 Å². The minimum absolute atomic E-state index is 0.0454. The maximum Gasteiger partial charge on any atom is 0.267 e. The summed E-state index contributed by atoms with van der Waals surface area (Å²) in [6.45, 7) is 1.34. The average Bonchev–Trinajstić information content (AvgIpc) is 2.84. The van der Waals surface area contributed by atoms with Crippen molar-refractivity contribution in [2.75, 3.05) is 17.9 Å². The van der Waals surface area contributed by atoms with Crippen LogP contribution in [0, 0.1) is 5.82 Å². The summed E-state index contributed by atoms with van der Waals surface area (Å²) < 4.78 is 48.9. The first-order valence-corrected chi connectivity index (χ1v) is 12.6. The zero-order valence-corrected chi connectivity index (χ0v) is 18.8. The quantitative estimate of drug-likeness (QED) is 0.595. The highest BCUT2D eigenvalue weighted by Crippen LogP contribution is 2.44. The zero-order valence-electron chi connectivity index (χ0n) is 18.0. The normalized spacial score (nSPS) is 21.1. The van der Waals surface area contributed by atoms with Crippen LogP contribution in [0.1, 0.15) is 48.9 Å². The highest BCUT2D eigenvalue weighted by molar-refractivity contribution is 7.92. The van der Waals surface area contributed by atoms with Crippen molar-refractivity contribution in [3.63, 3.8) is 0 Å². The molecular weight excluding hydrogens is 443 g/mol. The first-order chi connectivity index (χ1) is 16.0. The summed E-state index contributed by atoms with van der Waals surface area (Å²) in [5.74, 6) is -0.534. The fraction of sp³-hybridized carbons (Fsp3) is 0.333. The van der Waals surface area contributed by atoms with Crippen molar-refractivity contribution >= 4 is 16.0 Å². The van der Waals surface area contributed by atoms with Gasteiger partial charge in [-0.25, -0.2) is 27.5 Å². The summed E-state index contributed by atoms with van der Waals surface area (Å²) in [6.07, 6.45) is 6.79. The Hall–Kier alpha value is -3.04. The number of benzene rings is 2. The summed E-state index contributed by atoms with van der Waals surface area (Å²) in [6, 6.07) is 14.7. The highest BCUT2D eigenvalue weighted by atomic mass is 32.2. The molecule has 0 aliphatic carbocycles. The molecule has 2 atom stereocenters. The average molecular weight is 469 g/mol. The lowest BCUT2D eigenvalue weighted by Gasteiger charge is -2.43. The lowest BCUT2D eigenvalue weighted by atomic mass is 9.89. The largest absolute Gasteiger partial charge is 0.493 e. The fourth-order valence-electron chi connectivity index (χ4n) is 4.81. The van der Waals surface area contributed by atoms with Crippen LogP contribution < -0.4 is 9.46 Å². The number of nitrogens with one attached hydrogen (secondary N) is 1. The van der Waals surface area contributed by atoms with E-state index in [1.54, 1.807) is 6.07 Å². The SMILES string of the molecule is O=S(=O)(Nc1ncccn1)c1cc2c(cc1F)[C@H](N1CCCC[C@H]1c1ccccc1)CCO2. The molecule has 2 aliphatic heterocycles. The molecule has 3 heterocycles. The smallest absolute Gasteiger partial charge is 0.267 e. The Labute approximate surface area is 192 Å². The van der Waals surface area contributed by atoms with E-state index in [4.69, 9.17) is 4.74 Å². The van der Waals surface area contributed by atoms with Crippen LogP contribution in [-0.2, 0) is 10.0 Å². The Morgan fingerprint density at radius 3 is 2.58 bits per heavy atom. The van der Waals surface area contributed by atoms with Crippen LogP contribution in [0.2, 0.25) is 0 Å². The van der Waals surface area contributed by atoms with Crippen molar-refractivity contribution in [1.82, 2.24) is 14.9 Å². The molecule has 7 nitrogen and oxygen atoms in total. The van der Waals surface area contributed by atoms with Crippen LogP contribution in [0.5, 0.6) is 5.75 Å². The van der Waals surface area contributed by atoms with Gasteiger partial charge in [0.1, 0.15) is 16.5 Å². The Kier molecular flexibility index (Phi) is 5.99. The molecule has 3 aromatic rings. The Bertz CT molecular complexity index is 1230. The fourth-order valence-corrected chi connectivity index (χ4v) is 5.84. The molecule has 1 fully saturated rings. The van der Waals surface area contributed by atoms with Crippen molar-refractivity contribution in [3.8, 4) is 5.75 Å². The minimum Gasteiger partial charge on any atom is -0.493 e. The van der Waals surface area contributed by atoms with Gasteiger partial charge >= 0.3 is 0 Å². The molecule has 0 amide bonds. The molecule has 0 radical (unpaired) electrons. The molecule has 0 saturated carbocycles. The molecule has 0 spiro atoms. The van der Waals surface area contributed by atoms with Gasteiger partial charge in [-0.15, -0.1) is 0 Å². The van der Waals surface area contributed by atoms with Crippen LogP contribution in [0.25, 0.3) is 0 Å². The standard InChI is InChI=1S/C24H25FN4O3S/c25-19-15-18-21(29-13-5-4-9-20(29)17-7-2-1-3-8-17)10-14-32-22(18)16-23(19)33(30,31)28-24-26-11-6-12-27-24/h1-3,6-8,11-12,15-16,20-21H,4-5,9-10,13-14H2,(H,26,27,28)/t20-,21+/m0/s1. The van der Waals surface area contributed by atoms with Gasteiger partial charge in [-0.3, -0.25) is 4.90 Å². The number of sulfonamides is 1. The number of halogens is 1. The molecule has 33 heavy (non-hydrogen) atoms. The summed E-state index contributed by atoms with van der Waals surface area (Å²) in [4.78, 5) is 9.65. The van der Waals surface area contributed by atoms with Crippen LogP contribution in [0.15, 0.2) is 65.8 Å². The van der Waals surface area contributed by atoms with Crippen molar-refractivity contribution in [2.45, 2.75) is 42.7 Å².